The molecule has 132 valence electrons. The third-order valence-corrected chi connectivity index (χ3v) is 4.15. The van der Waals surface area contributed by atoms with Crippen LogP contribution in [0.3, 0.4) is 0 Å². The van der Waals surface area contributed by atoms with Crippen molar-refractivity contribution in [2.75, 3.05) is 13.1 Å². The van der Waals surface area contributed by atoms with Crippen molar-refractivity contribution >= 4 is 5.97 Å². The minimum Gasteiger partial charge on any atom is -0.480 e. The van der Waals surface area contributed by atoms with Gasteiger partial charge in [0.05, 0.1) is 12.6 Å². The van der Waals surface area contributed by atoms with E-state index in [1.807, 2.05) is 11.8 Å². The van der Waals surface area contributed by atoms with Crippen LogP contribution in [0, 0.1) is 12.7 Å². The van der Waals surface area contributed by atoms with Gasteiger partial charge in [0.25, 0.3) is 0 Å². The molecule has 0 amide bonds. The fraction of sp³-hybridized carbons (Fsp3) is 0.389. The van der Waals surface area contributed by atoms with Gasteiger partial charge in [-0.1, -0.05) is 18.6 Å². The molecule has 0 saturated carbocycles. The Labute approximate surface area is 145 Å². The van der Waals surface area contributed by atoms with Gasteiger partial charge < -0.3 is 9.84 Å². The maximum Gasteiger partial charge on any atom is 0.317 e. The first-order valence-electron chi connectivity index (χ1n) is 8.27. The largest absolute Gasteiger partial charge is 0.480 e. The maximum atomic E-state index is 13.8. The highest BCUT2D eigenvalue weighted by Crippen LogP contribution is 2.31. The van der Waals surface area contributed by atoms with E-state index in [1.54, 1.807) is 18.2 Å². The lowest BCUT2D eigenvalue weighted by atomic mass is 10.0. The predicted molar refractivity (Wildman–Crippen MR) is 89.0 cm³/mol. The summed E-state index contributed by atoms with van der Waals surface area (Å²) >= 11 is 0. The number of piperidine rings is 1. The van der Waals surface area contributed by atoms with Crippen LogP contribution in [-0.4, -0.2) is 39.0 Å². The molecule has 0 bridgehead atoms. The number of rotatable bonds is 5. The summed E-state index contributed by atoms with van der Waals surface area (Å²) in [6.07, 6.45) is 2.73. The summed E-state index contributed by atoms with van der Waals surface area (Å²) in [5.74, 6) is -0.466. The van der Waals surface area contributed by atoms with Gasteiger partial charge >= 0.3 is 5.97 Å². The van der Waals surface area contributed by atoms with Gasteiger partial charge in [-0.2, -0.15) is 4.98 Å². The van der Waals surface area contributed by atoms with Gasteiger partial charge in [-0.05, 0) is 38.4 Å². The van der Waals surface area contributed by atoms with E-state index in [1.165, 1.54) is 12.1 Å². The van der Waals surface area contributed by atoms with Crippen LogP contribution in [-0.2, 0) is 4.79 Å². The lowest BCUT2D eigenvalue weighted by molar-refractivity contribution is -0.139. The minimum absolute atomic E-state index is 0.0501. The number of aryl methyl sites for hydroxylation is 1. The number of carbonyl (C=O) groups is 1. The van der Waals surface area contributed by atoms with E-state index in [0.717, 1.165) is 19.3 Å². The monoisotopic (exact) mass is 345 g/mol. The van der Waals surface area contributed by atoms with E-state index in [4.69, 9.17) is 9.84 Å². The Morgan fingerprint density at radius 1 is 1.36 bits per heavy atom. The summed E-state index contributed by atoms with van der Waals surface area (Å²) < 4.78 is 19.4. The Hall–Kier alpha value is -2.54. The number of para-hydroxylation sites is 1. The van der Waals surface area contributed by atoms with Crippen LogP contribution in [0.2, 0.25) is 0 Å². The van der Waals surface area contributed by atoms with E-state index in [9.17, 15) is 9.18 Å². The highest BCUT2D eigenvalue weighted by Gasteiger charge is 2.28. The van der Waals surface area contributed by atoms with Crippen LogP contribution < -0.4 is 4.74 Å². The Morgan fingerprint density at radius 2 is 2.16 bits per heavy atom. The summed E-state index contributed by atoms with van der Waals surface area (Å²) in [7, 11) is 0. The molecule has 1 atom stereocenters. The van der Waals surface area contributed by atoms with Gasteiger partial charge in [0, 0.05) is 11.8 Å². The van der Waals surface area contributed by atoms with Crippen molar-refractivity contribution in [1.82, 2.24) is 14.9 Å². The van der Waals surface area contributed by atoms with Crippen LogP contribution in [0.15, 0.2) is 30.3 Å². The average molecular weight is 345 g/mol. The topological polar surface area (TPSA) is 75.5 Å². The normalized spacial score (nSPS) is 18.1. The van der Waals surface area contributed by atoms with Crippen molar-refractivity contribution in [3.8, 4) is 11.6 Å². The molecule has 25 heavy (non-hydrogen) atoms. The van der Waals surface area contributed by atoms with Crippen LogP contribution in [0.1, 0.15) is 36.8 Å². The number of carboxylic acids is 1. The molecule has 0 radical (unpaired) electrons. The molecule has 1 aromatic carbocycles. The first kappa shape index (κ1) is 17.3. The van der Waals surface area contributed by atoms with Gasteiger partial charge in [-0.3, -0.25) is 9.69 Å². The number of aliphatic carboxylic acids is 1. The van der Waals surface area contributed by atoms with Crippen LogP contribution >= 0.6 is 0 Å². The van der Waals surface area contributed by atoms with Gasteiger partial charge in [-0.15, -0.1) is 0 Å². The smallest absolute Gasteiger partial charge is 0.317 e. The number of aromatic nitrogens is 2. The van der Waals surface area contributed by atoms with Gasteiger partial charge in [0.15, 0.2) is 11.6 Å². The second-order valence-corrected chi connectivity index (χ2v) is 6.11. The lowest BCUT2D eigenvalue weighted by Crippen LogP contribution is -2.38. The highest BCUT2D eigenvalue weighted by atomic mass is 19.1. The first-order chi connectivity index (χ1) is 12.0. The standard InChI is InChI=1S/C18H20FN3O3/c1-12-10-16(25-15-8-3-2-6-13(15)19)21-18(20-12)14-7-4-5-9-22(14)11-17(23)24/h2-3,6,8,10,14H,4-5,7,9,11H2,1H3,(H,23,24). The molecule has 2 aromatic rings. The molecule has 1 aliphatic rings. The molecule has 3 rings (SSSR count). The number of nitrogens with zero attached hydrogens (tertiary/aromatic N) is 3. The van der Waals surface area contributed by atoms with E-state index < -0.39 is 11.8 Å². The molecular weight excluding hydrogens is 325 g/mol. The predicted octanol–water partition coefficient (Wildman–Crippen LogP) is 3.33. The molecule has 7 heteroatoms. The van der Waals surface area contributed by atoms with E-state index >= 15 is 0 Å². The van der Waals surface area contributed by atoms with Crippen LogP contribution in [0.5, 0.6) is 11.6 Å². The molecule has 1 N–H and O–H groups in total. The molecule has 0 aliphatic carbocycles. The Balaban J connectivity index is 1.87. The summed E-state index contributed by atoms with van der Waals surface area (Å²) in [6.45, 7) is 2.45. The zero-order valence-electron chi connectivity index (χ0n) is 14.0. The number of benzene rings is 1. The van der Waals surface area contributed by atoms with Crippen molar-refractivity contribution in [3.05, 3.63) is 47.7 Å². The summed E-state index contributed by atoms with van der Waals surface area (Å²) in [5.41, 5.74) is 0.692. The fourth-order valence-corrected chi connectivity index (χ4v) is 3.05. The number of halogens is 1. The molecule has 6 nitrogen and oxygen atoms in total. The average Bonchev–Trinajstić information content (AvgIpc) is 2.56. The van der Waals surface area contributed by atoms with Crippen molar-refractivity contribution in [2.45, 2.75) is 32.2 Å². The third kappa shape index (κ3) is 4.30. The molecule has 1 unspecified atom stereocenters. The van der Waals surface area contributed by atoms with E-state index in [-0.39, 0.29) is 24.2 Å². The van der Waals surface area contributed by atoms with Crippen LogP contribution in [0.25, 0.3) is 0 Å². The maximum absolute atomic E-state index is 13.8. The van der Waals surface area contributed by atoms with E-state index in [2.05, 4.69) is 9.97 Å². The van der Waals surface area contributed by atoms with Crippen molar-refractivity contribution in [3.63, 3.8) is 0 Å². The van der Waals surface area contributed by atoms with Gasteiger partial charge in [0.1, 0.15) is 5.82 Å². The molecular formula is C18H20FN3O3. The molecule has 1 fully saturated rings. The molecule has 1 aliphatic heterocycles. The zero-order chi connectivity index (χ0) is 17.8. The number of carboxylic acid groups (broad SMARTS) is 1. The summed E-state index contributed by atoms with van der Waals surface area (Å²) in [4.78, 5) is 21.9. The number of hydrogen-bond acceptors (Lipinski definition) is 5. The Morgan fingerprint density at radius 3 is 2.92 bits per heavy atom. The summed E-state index contributed by atoms with van der Waals surface area (Å²) in [5, 5.41) is 9.12. The molecule has 2 heterocycles. The van der Waals surface area contributed by atoms with E-state index in [0.29, 0.717) is 18.1 Å². The van der Waals surface area contributed by atoms with Gasteiger partial charge in [0.2, 0.25) is 5.88 Å². The SMILES string of the molecule is Cc1cc(Oc2ccccc2F)nc(C2CCCCN2CC(=O)O)n1. The molecule has 0 spiro atoms. The van der Waals surface area contributed by atoms with Crippen molar-refractivity contribution in [1.29, 1.82) is 0 Å². The first-order valence-corrected chi connectivity index (χ1v) is 8.27. The molecule has 1 aromatic heterocycles. The second-order valence-electron chi connectivity index (χ2n) is 6.11. The molecule has 1 saturated heterocycles. The number of hydrogen-bond donors (Lipinski definition) is 1. The minimum atomic E-state index is -0.873. The van der Waals surface area contributed by atoms with Gasteiger partial charge in [-0.25, -0.2) is 9.37 Å². The number of ether oxygens (including phenoxy) is 1. The quantitative estimate of drug-likeness (QED) is 0.896. The second kappa shape index (κ2) is 7.57. The Bertz CT molecular complexity index is 769. The lowest BCUT2D eigenvalue weighted by Gasteiger charge is -2.33. The number of likely N-dealkylation sites (tertiary alicyclic amines) is 1. The Kier molecular flexibility index (Phi) is 5.23. The third-order valence-electron chi connectivity index (χ3n) is 4.15. The van der Waals surface area contributed by atoms with Crippen molar-refractivity contribution in [2.24, 2.45) is 0 Å². The zero-order valence-corrected chi connectivity index (χ0v) is 14.0. The highest BCUT2D eigenvalue weighted by molar-refractivity contribution is 5.69. The summed E-state index contributed by atoms with van der Waals surface area (Å²) in [6, 6.07) is 7.59. The fourth-order valence-electron chi connectivity index (χ4n) is 3.05. The van der Waals surface area contributed by atoms with Crippen molar-refractivity contribution < 1.29 is 19.0 Å². The van der Waals surface area contributed by atoms with Crippen LogP contribution in [0.4, 0.5) is 4.39 Å².